The average molecular weight is 277 g/mol. The fourth-order valence-electron chi connectivity index (χ4n) is 1.99. The molecule has 18 heavy (non-hydrogen) atoms. The molecule has 0 unspecified atom stereocenters. The summed E-state index contributed by atoms with van der Waals surface area (Å²) in [6.07, 6.45) is 2.68. The Kier molecular flexibility index (Phi) is 4.74. The van der Waals surface area contributed by atoms with Crippen molar-refractivity contribution in [3.8, 4) is 0 Å². The van der Waals surface area contributed by atoms with Gasteiger partial charge in [-0.1, -0.05) is 0 Å². The fourth-order valence-corrected chi connectivity index (χ4v) is 3.02. The van der Waals surface area contributed by atoms with Crippen LogP contribution in [0.3, 0.4) is 0 Å². The second-order valence-electron chi connectivity index (χ2n) is 5.79. The predicted octanol–water partition coefficient (Wildman–Crippen LogP) is 0.253. The first kappa shape index (κ1) is 15.4. The molecule has 1 aliphatic carbocycles. The molecule has 4 N–H and O–H groups in total. The molecule has 0 aromatic heterocycles. The van der Waals surface area contributed by atoms with E-state index in [2.05, 4.69) is 10.1 Å². The van der Waals surface area contributed by atoms with E-state index in [1.54, 1.807) is 20.8 Å². The highest BCUT2D eigenvalue weighted by Gasteiger charge is 2.33. The Bertz CT molecular complexity index is 392. The Morgan fingerprint density at radius 3 is 2.06 bits per heavy atom. The van der Waals surface area contributed by atoms with Crippen molar-refractivity contribution in [3.05, 3.63) is 0 Å². The second kappa shape index (κ2) is 5.54. The van der Waals surface area contributed by atoms with Crippen LogP contribution in [0.4, 0.5) is 0 Å². The van der Waals surface area contributed by atoms with Crippen molar-refractivity contribution < 1.29 is 13.2 Å². The predicted molar refractivity (Wildman–Crippen MR) is 69.9 cm³/mol. The van der Waals surface area contributed by atoms with Crippen molar-refractivity contribution in [3.63, 3.8) is 0 Å². The minimum atomic E-state index is -3.32. The molecule has 7 heteroatoms. The molecule has 1 aliphatic rings. The van der Waals surface area contributed by atoms with Gasteiger partial charge < -0.3 is 0 Å². The molecule has 1 saturated carbocycles. The highest BCUT2D eigenvalue weighted by Crippen LogP contribution is 2.26. The minimum absolute atomic E-state index is 0.0731. The first-order valence-electron chi connectivity index (χ1n) is 6.19. The maximum Gasteiger partial charge on any atom is 0.236 e. The Hall–Kier alpha value is -0.660. The van der Waals surface area contributed by atoms with Gasteiger partial charge >= 0.3 is 0 Å². The van der Waals surface area contributed by atoms with Crippen LogP contribution >= 0.6 is 0 Å². The zero-order valence-corrected chi connectivity index (χ0v) is 12.0. The molecular formula is C11H23N3O3S. The lowest BCUT2D eigenvalue weighted by atomic mass is 9.86. The molecular weight excluding hydrogens is 254 g/mol. The summed E-state index contributed by atoms with van der Waals surface area (Å²) in [4.78, 5) is 11.3. The number of hydrogen-bond acceptors (Lipinski definition) is 4. The standard InChI is InChI=1S/C11H23N3O3S/c1-11(2,3)18(16,17)14-9-6-4-8(5-7-9)10(15)13-12/h8-9,14H,4-7,12H2,1-3H3,(H,13,15)/t8-,9-. The van der Waals surface area contributed by atoms with E-state index in [1.165, 1.54) is 0 Å². The Morgan fingerprint density at radius 2 is 1.67 bits per heavy atom. The van der Waals surface area contributed by atoms with Gasteiger partial charge in [0, 0.05) is 12.0 Å². The molecule has 0 atom stereocenters. The zero-order valence-electron chi connectivity index (χ0n) is 11.2. The largest absolute Gasteiger partial charge is 0.294 e. The van der Waals surface area contributed by atoms with Crippen molar-refractivity contribution >= 4 is 15.9 Å². The molecule has 0 aromatic carbocycles. The van der Waals surface area contributed by atoms with E-state index in [9.17, 15) is 13.2 Å². The van der Waals surface area contributed by atoms with E-state index < -0.39 is 14.8 Å². The van der Waals surface area contributed by atoms with Gasteiger partial charge in [-0.15, -0.1) is 0 Å². The molecule has 0 radical (unpaired) electrons. The third kappa shape index (κ3) is 3.66. The third-order valence-corrected chi connectivity index (χ3v) is 5.62. The molecule has 0 spiro atoms. The molecule has 6 nitrogen and oxygen atoms in total. The summed E-state index contributed by atoms with van der Waals surface area (Å²) >= 11 is 0. The Morgan fingerprint density at radius 1 is 1.17 bits per heavy atom. The maximum atomic E-state index is 12.0. The SMILES string of the molecule is CC(C)(C)S(=O)(=O)N[C@H]1CC[C@H](C(=O)NN)CC1. The van der Waals surface area contributed by atoms with Gasteiger partial charge in [0.15, 0.2) is 0 Å². The zero-order chi connectivity index (χ0) is 14.0. The lowest BCUT2D eigenvalue weighted by molar-refractivity contribution is -0.126. The van der Waals surface area contributed by atoms with Crippen molar-refractivity contribution in [2.24, 2.45) is 11.8 Å². The van der Waals surface area contributed by atoms with Gasteiger partial charge in [0.2, 0.25) is 15.9 Å². The molecule has 1 amide bonds. The van der Waals surface area contributed by atoms with E-state index >= 15 is 0 Å². The number of carbonyl (C=O) groups is 1. The van der Waals surface area contributed by atoms with Crippen LogP contribution in [0, 0.1) is 5.92 Å². The number of sulfonamides is 1. The molecule has 106 valence electrons. The van der Waals surface area contributed by atoms with Crippen LogP contribution in [0.25, 0.3) is 0 Å². The van der Waals surface area contributed by atoms with Crippen LogP contribution in [-0.4, -0.2) is 25.1 Å². The van der Waals surface area contributed by atoms with Crippen LogP contribution in [0.5, 0.6) is 0 Å². The molecule has 0 aromatic rings. The Labute approximate surface area is 109 Å². The van der Waals surface area contributed by atoms with Gasteiger partial charge in [-0.3, -0.25) is 10.2 Å². The number of hydrazine groups is 1. The third-order valence-electron chi connectivity index (χ3n) is 3.37. The van der Waals surface area contributed by atoms with Gasteiger partial charge in [0.05, 0.1) is 4.75 Å². The molecule has 0 bridgehead atoms. The lowest BCUT2D eigenvalue weighted by Crippen LogP contribution is -2.47. The van der Waals surface area contributed by atoms with Crippen LogP contribution in [0.15, 0.2) is 0 Å². The molecule has 0 aliphatic heterocycles. The quantitative estimate of drug-likeness (QED) is 0.391. The van der Waals surface area contributed by atoms with E-state index in [4.69, 9.17) is 5.84 Å². The van der Waals surface area contributed by atoms with Gasteiger partial charge in [-0.05, 0) is 46.5 Å². The lowest BCUT2D eigenvalue weighted by Gasteiger charge is -2.30. The summed E-state index contributed by atoms with van der Waals surface area (Å²) in [6.45, 7) is 5.01. The summed E-state index contributed by atoms with van der Waals surface area (Å²) < 4.78 is 25.9. The highest BCUT2D eigenvalue weighted by molar-refractivity contribution is 7.90. The van der Waals surface area contributed by atoms with E-state index in [-0.39, 0.29) is 17.9 Å². The smallest absolute Gasteiger partial charge is 0.236 e. The monoisotopic (exact) mass is 277 g/mol. The van der Waals surface area contributed by atoms with Gasteiger partial charge in [-0.25, -0.2) is 19.0 Å². The van der Waals surface area contributed by atoms with E-state index in [1.807, 2.05) is 0 Å². The molecule has 0 saturated heterocycles. The number of amides is 1. The van der Waals surface area contributed by atoms with Crippen LogP contribution < -0.4 is 16.0 Å². The number of nitrogens with one attached hydrogen (secondary N) is 2. The first-order chi connectivity index (χ1) is 8.17. The molecule has 1 fully saturated rings. The fraction of sp³-hybridized carbons (Fsp3) is 0.909. The normalized spacial score (nSPS) is 25.8. The molecule has 0 heterocycles. The Balaban J connectivity index is 2.53. The summed E-state index contributed by atoms with van der Waals surface area (Å²) in [5, 5.41) is 0. The van der Waals surface area contributed by atoms with Crippen molar-refractivity contribution in [2.75, 3.05) is 0 Å². The number of nitrogens with two attached hydrogens (primary N) is 1. The molecule has 1 rings (SSSR count). The number of hydrogen-bond donors (Lipinski definition) is 3. The van der Waals surface area contributed by atoms with Crippen molar-refractivity contribution in [1.29, 1.82) is 0 Å². The summed E-state index contributed by atoms with van der Waals surface area (Å²) in [7, 11) is -3.32. The van der Waals surface area contributed by atoms with Gasteiger partial charge in [-0.2, -0.15) is 0 Å². The van der Waals surface area contributed by atoms with E-state index in [0.717, 1.165) is 0 Å². The van der Waals surface area contributed by atoms with Crippen LogP contribution in [0.2, 0.25) is 0 Å². The summed E-state index contributed by atoms with van der Waals surface area (Å²) in [5.41, 5.74) is 2.14. The van der Waals surface area contributed by atoms with Crippen molar-refractivity contribution in [2.45, 2.75) is 57.2 Å². The van der Waals surface area contributed by atoms with Crippen LogP contribution in [0.1, 0.15) is 46.5 Å². The minimum Gasteiger partial charge on any atom is -0.294 e. The average Bonchev–Trinajstić information content (AvgIpc) is 2.27. The van der Waals surface area contributed by atoms with Crippen molar-refractivity contribution in [1.82, 2.24) is 10.1 Å². The maximum absolute atomic E-state index is 12.0. The number of rotatable bonds is 3. The summed E-state index contributed by atoms with van der Waals surface area (Å²) in [6, 6.07) is -0.0731. The topological polar surface area (TPSA) is 101 Å². The first-order valence-corrected chi connectivity index (χ1v) is 7.68. The van der Waals surface area contributed by atoms with Gasteiger partial charge in [0.1, 0.15) is 0 Å². The summed E-state index contributed by atoms with van der Waals surface area (Å²) in [5.74, 6) is 4.83. The van der Waals surface area contributed by atoms with Gasteiger partial charge in [0.25, 0.3) is 0 Å². The van der Waals surface area contributed by atoms with Crippen LogP contribution in [-0.2, 0) is 14.8 Å². The van der Waals surface area contributed by atoms with E-state index in [0.29, 0.717) is 25.7 Å². The second-order valence-corrected chi connectivity index (χ2v) is 8.26. The number of carbonyl (C=O) groups excluding carboxylic acids is 1. The highest BCUT2D eigenvalue weighted by atomic mass is 32.2.